The number of rotatable bonds is 11. The van der Waals surface area contributed by atoms with Crippen molar-refractivity contribution < 1.29 is 19.5 Å². The first kappa shape index (κ1) is 19.7. The molecule has 7 nitrogen and oxygen atoms in total. The number of aliphatic carboxylic acids is 1. The smallest absolute Gasteiger partial charge is 0.339 e. The SMILES string of the molecule is O=C(O)CCCCCCC1C(=O)NC(=O)N1NCCC1CCCCC1. The van der Waals surface area contributed by atoms with E-state index in [2.05, 4.69) is 10.7 Å². The van der Waals surface area contributed by atoms with Gasteiger partial charge in [0.05, 0.1) is 0 Å². The molecule has 0 radical (unpaired) electrons. The summed E-state index contributed by atoms with van der Waals surface area (Å²) in [5.74, 6) is -0.273. The number of hydrogen-bond acceptors (Lipinski definition) is 4. The van der Waals surface area contributed by atoms with E-state index in [9.17, 15) is 14.4 Å². The molecule has 1 aliphatic carbocycles. The number of amides is 3. The molecule has 3 amide bonds. The number of hydrogen-bond donors (Lipinski definition) is 3. The average molecular weight is 353 g/mol. The number of carboxylic acid groups (broad SMARTS) is 1. The standard InChI is InChI=1S/C18H31N3O4/c22-16(23)11-7-2-1-6-10-15-17(24)20-18(25)21(15)19-13-12-14-8-4-3-5-9-14/h14-15,19H,1-13H2,(H,22,23)(H,20,24,25). The first-order valence-electron chi connectivity index (χ1n) is 9.67. The van der Waals surface area contributed by atoms with Crippen LogP contribution in [0.3, 0.4) is 0 Å². The summed E-state index contributed by atoms with van der Waals surface area (Å²) in [4.78, 5) is 34.4. The Morgan fingerprint density at radius 2 is 1.80 bits per heavy atom. The predicted octanol–water partition coefficient (Wildman–Crippen LogP) is 2.81. The van der Waals surface area contributed by atoms with Gasteiger partial charge in [0.15, 0.2) is 0 Å². The van der Waals surface area contributed by atoms with Crippen LogP contribution < -0.4 is 10.7 Å². The van der Waals surface area contributed by atoms with Crippen LogP contribution >= 0.6 is 0 Å². The molecule has 1 saturated heterocycles. The largest absolute Gasteiger partial charge is 0.481 e. The van der Waals surface area contributed by atoms with E-state index in [4.69, 9.17) is 5.11 Å². The Hall–Kier alpha value is -1.63. The Morgan fingerprint density at radius 1 is 1.08 bits per heavy atom. The summed E-state index contributed by atoms with van der Waals surface area (Å²) in [6.07, 6.45) is 11.5. The maximum Gasteiger partial charge on any atom is 0.339 e. The van der Waals surface area contributed by atoms with Gasteiger partial charge < -0.3 is 5.11 Å². The van der Waals surface area contributed by atoms with Crippen molar-refractivity contribution in [3.63, 3.8) is 0 Å². The summed E-state index contributed by atoms with van der Waals surface area (Å²) < 4.78 is 0. The maximum atomic E-state index is 12.0. The Morgan fingerprint density at radius 3 is 2.52 bits per heavy atom. The van der Waals surface area contributed by atoms with Gasteiger partial charge in [-0.2, -0.15) is 0 Å². The lowest BCUT2D eigenvalue weighted by Crippen LogP contribution is -2.46. The van der Waals surface area contributed by atoms with Crippen LogP contribution in [0, 0.1) is 5.92 Å². The molecule has 1 aliphatic heterocycles. The molecule has 0 aromatic heterocycles. The predicted molar refractivity (Wildman–Crippen MR) is 93.7 cm³/mol. The summed E-state index contributed by atoms with van der Waals surface area (Å²) in [7, 11) is 0. The summed E-state index contributed by atoms with van der Waals surface area (Å²) in [6.45, 7) is 0.723. The van der Waals surface area contributed by atoms with Crippen LogP contribution in [0.25, 0.3) is 0 Å². The van der Waals surface area contributed by atoms with E-state index in [1.54, 1.807) is 0 Å². The number of carboxylic acids is 1. The number of nitrogens with zero attached hydrogens (tertiary/aromatic N) is 1. The lowest BCUT2D eigenvalue weighted by molar-refractivity contribution is -0.137. The van der Waals surface area contributed by atoms with Crippen molar-refractivity contribution in [2.45, 2.75) is 83.1 Å². The second-order valence-electron chi connectivity index (χ2n) is 7.23. The van der Waals surface area contributed by atoms with Crippen LogP contribution in [0.15, 0.2) is 0 Å². The fourth-order valence-corrected chi connectivity index (χ4v) is 3.78. The number of urea groups is 1. The monoisotopic (exact) mass is 353 g/mol. The fourth-order valence-electron chi connectivity index (χ4n) is 3.78. The van der Waals surface area contributed by atoms with Gasteiger partial charge in [0.25, 0.3) is 5.91 Å². The minimum atomic E-state index is -0.769. The van der Waals surface area contributed by atoms with E-state index in [-0.39, 0.29) is 18.4 Å². The second-order valence-corrected chi connectivity index (χ2v) is 7.23. The van der Waals surface area contributed by atoms with Crippen LogP contribution in [0.2, 0.25) is 0 Å². The van der Waals surface area contributed by atoms with Gasteiger partial charge in [0.2, 0.25) is 0 Å². The molecule has 142 valence electrons. The molecule has 2 aliphatic rings. The average Bonchev–Trinajstić information content (AvgIpc) is 2.85. The highest BCUT2D eigenvalue weighted by molar-refractivity contribution is 6.03. The summed E-state index contributed by atoms with van der Waals surface area (Å²) in [5, 5.41) is 12.5. The minimum Gasteiger partial charge on any atom is -0.481 e. The molecule has 0 aromatic carbocycles. The minimum absolute atomic E-state index is 0.192. The van der Waals surface area contributed by atoms with Gasteiger partial charge in [-0.15, -0.1) is 0 Å². The lowest BCUT2D eigenvalue weighted by Gasteiger charge is -2.25. The van der Waals surface area contributed by atoms with Gasteiger partial charge in [-0.3, -0.25) is 14.9 Å². The number of nitrogens with one attached hydrogen (secondary N) is 2. The lowest BCUT2D eigenvalue weighted by atomic mass is 9.87. The molecular weight excluding hydrogens is 322 g/mol. The molecule has 0 bridgehead atoms. The van der Waals surface area contributed by atoms with Crippen LogP contribution in [0.4, 0.5) is 4.79 Å². The van der Waals surface area contributed by atoms with Gasteiger partial charge >= 0.3 is 12.0 Å². The van der Waals surface area contributed by atoms with Gasteiger partial charge in [-0.05, 0) is 25.2 Å². The molecular formula is C18H31N3O4. The van der Waals surface area contributed by atoms with Gasteiger partial charge in [0.1, 0.15) is 6.04 Å². The zero-order valence-electron chi connectivity index (χ0n) is 15.0. The molecule has 0 spiro atoms. The molecule has 1 unspecified atom stereocenters. The van der Waals surface area contributed by atoms with Crippen molar-refractivity contribution >= 4 is 17.9 Å². The summed E-state index contributed by atoms with van der Waals surface area (Å²) in [6, 6.07) is -0.803. The quantitative estimate of drug-likeness (QED) is 0.392. The van der Waals surface area contributed by atoms with Crippen molar-refractivity contribution in [1.82, 2.24) is 15.8 Å². The third-order valence-electron chi connectivity index (χ3n) is 5.24. The van der Waals surface area contributed by atoms with Crippen LogP contribution in [0.1, 0.15) is 77.0 Å². The number of carbonyl (C=O) groups excluding carboxylic acids is 2. The molecule has 1 heterocycles. The van der Waals surface area contributed by atoms with Crippen molar-refractivity contribution in [3.8, 4) is 0 Å². The zero-order valence-corrected chi connectivity index (χ0v) is 15.0. The molecule has 1 atom stereocenters. The Labute approximate surface area is 149 Å². The Kier molecular flexibility index (Phi) is 8.18. The third-order valence-corrected chi connectivity index (χ3v) is 5.24. The van der Waals surface area contributed by atoms with E-state index >= 15 is 0 Å². The molecule has 2 fully saturated rings. The molecule has 3 N–H and O–H groups in total. The fraction of sp³-hybridized carbons (Fsp3) is 0.833. The van der Waals surface area contributed by atoms with Gasteiger partial charge in [0, 0.05) is 13.0 Å². The van der Waals surface area contributed by atoms with Crippen molar-refractivity contribution in [1.29, 1.82) is 0 Å². The van der Waals surface area contributed by atoms with E-state index in [1.165, 1.54) is 37.1 Å². The van der Waals surface area contributed by atoms with Gasteiger partial charge in [-0.1, -0.05) is 51.4 Å². The van der Waals surface area contributed by atoms with Crippen LogP contribution in [0.5, 0.6) is 0 Å². The first-order chi connectivity index (χ1) is 12.1. The van der Waals surface area contributed by atoms with Gasteiger partial charge in [-0.25, -0.2) is 15.2 Å². The van der Waals surface area contributed by atoms with Crippen molar-refractivity contribution in [2.75, 3.05) is 6.54 Å². The van der Waals surface area contributed by atoms with Crippen LogP contribution in [-0.2, 0) is 9.59 Å². The molecule has 2 rings (SSSR count). The molecule has 25 heavy (non-hydrogen) atoms. The summed E-state index contributed by atoms with van der Waals surface area (Å²) >= 11 is 0. The maximum absolute atomic E-state index is 12.0. The van der Waals surface area contributed by atoms with Crippen molar-refractivity contribution in [3.05, 3.63) is 0 Å². The number of imide groups is 1. The van der Waals surface area contributed by atoms with Crippen molar-refractivity contribution in [2.24, 2.45) is 5.92 Å². The summed E-state index contributed by atoms with van der Waals surface area (Å²) in [5.41, 5.74) is 3.15. The third kappa shape index (κ3) is 6.65. The van der Waals surface area contributed by atoms with E-state index < -0.39 is 12.0 Å². The highest BCUT2D eigenvalue weighted by Crippen LogP contribution is 2.26. The van der Waals surface area contributed by atoms with E-state index in [0.717, 1.165) is 38.1 Å². The normalized spacial score (nSPS) is 21.6. The van der Waals surface area contributed by atoms with Crippen LogP contribution in [-0.4, -0.2) is 40.6 Å². The molecule has 0 aromatic rings. The van der Waals surface area contributed by atoms with E-state index in [1.807, 2.05) is 0 Å². The Bertz CT molecular complexity index is 463. The second kappa shape index (κ2) is 10.4. The number of hydrazine groups is 1. The molecule has 7 heteroatoms. The molecule has 1 saturated carbocycles. The Balaban J connectivity index is 1.67. The highest BCUT2D eigenvalue weighted by atomic mass is 16.4. The number of carbonyl (C=O) groups is 3. The van der Waals surface area contributed by atoms with E-state index in [0.29, 0.717) is 12.8 Å². The number of unbranched alkanes of at least 4 members (excludes halogenated alkanes) is 3. The topological polar surface area (TPSA) is 98.7 Å². The zero-order chi connectivity index (χ0) is 18.1. The highest BCUT2D eigenvalue weighted by Gasteiger charge is 2.37. The first-order valence-corrected chi connectivity index (χ1v) is 9.67.